The van der Waals surface area contributed by atoms with E-state index in [4.69, 9.17) is 16.6 Å². The summed E-state index contributed by atoms with van der Waals surface area (Å²) in [5.41, 5.74) is 6.31. The third-order valence-corrected chi connectivity index (χ3v) is 5.31. The zero-order valence-electron chi connectivity index (χ0n) is 13.8. The fraction of sp³-hybridized carbons (Fsp3) is 0.263. The van der Waals surface area contributed by atoms with Gasteiger partial charge >= 0.3 is 0 Å². The Labute approximate surface area is 149 Å². The molecular formula is C19H16ClN5. The van der Waals surface area contributed by atoms with Crippen molar-refractivity contribution in [1.29, 1.82) is 0 Å². The van der Waals surface area contributed by atoms with E-state index in [9.17, 15) is 0 Å². The highest BCUT2D eigenvalue weighted by atomic mass is 35.5. The maximum absolute atomic E-state index is 6.11. The minimum absolute atomic E-state index is 0.440. The summed E-state index contributed by atoms with van der Waals surface area (Å²) >= 11 is 6.11. The lowest BCUT2D eigenvalue weighted by atomic mass is 9.83. The molecule has 6 heteroatoms. The quantitative estimate of drug-likeness (QED) is 0.510. The average molecular weight is 350 g/mol. The number of rotatable bonds is 1. The second-order valence-electron chi connectivity index (χ2n) is 6.62. The molecule has 1 aliphatic rings. The van der Waals surface area contributed by atoms with Crippen molar-refractivity contribution in [2.45, 2.75) is 32.1 Å². The molecule has 1 aliphatic carbocycles. The monoisotopic (exact) mass is 349 g/mol. The first kappa shape index (κ1) is 14.8. The van der Waals surface area contributed by atoms with Gasteiger partial charge in [0.25, 0.3) is 0 Å². The van der Waals surface area contributed by atoms with Gasteiger partial charge in [-0.05, 0) is 48.4 Å². The summed E-state index contributed by atoms with van der Waals surface area (Å²) in [7, 11) is 0. The smallest absolute Gasteiger partial charge is 0.168 e. The van der Waals surface area contributed by atoms with Gasteiger partial charge in [0.15, 0.2) is 11.3 Å². The molecule has 25 heavy (non-hydrogen) atoms. The number of pyridine rings is 1. The molecule has 1 atom stereocenters. The second kappa shape index (κ2) is 5.49. The van der Waals surface area contributed by atoms with Gasteiger partial charge in [0.05, 0.1) is 5.39 Å². The molecule has 3 aromatic heterocycles. The Morgan fingerprint density at radius 3 is 2.84 bits per heavy atom. The van der Waals surface area contributed by atoms with E-state index in [1.54, 1.807) is 17.2 Å². The first-order chi connectivity index (χ1) is 12.2. The van der Waals surface area contributed by atoms with E-state index in [-0.39, 0.29) is 0 Å². The van der Waals surface area contributed by atoms with Crippen LogP contribution in [0.4, 0.5) is 0 Å². The van der Waals surface area contributed by atoms with E-state index in [0.717, 1.165) is 33.7 Å². The predicted octanol–water partition coefficient (Wildman–Crippen LogP) is 4.43. The summed E-state index contributed by atoms with van der Waals surface area (Å²) in [5, 5.41) is 5.94. The third-order valence-electron chi connectivity index (χ3n) is 5.06. The van der Waals surface area contributed by atoms with Crippen LogP contribution in [-0.2, 0) is 6.42 Å². The molecule has 1 unspecified atom stereocenters. The van der Waals surface area contributed by atoms with Crippen LogP contribution in [0.25, 0.3) is 27.8 Å². The van der Waals surface area contributed by atoms with Gasteiger partial charge in [-0.2, -0.15) is 5.10 Å². The van der Waals surface area contributed by atoms with Crippen molar-refractivity contribution in [2.24, 2.45) is 0 Å². The van der Waals surface area contributed by atoms with Gasteiger partial charge in [-0.3, -0.25) is 0 Å². The van der Waals surface area contributed by atoms with Gasteiger partial charge in [0.1, 0.15) is 12.7 Å². The molecule has 5 nitrogen and oxygen atoms in total. The van der Waals surface area contributed by atoms with Gasteiger partial charge in [0.2, 0.25) is 0 Å². The molecule has 0 spiro atoms. The van der Waals surface area contributed by atoms with Crippen LogP contribution >= 0.6 is 11.6 Å². The van der Waals surface area contributed by atoms with Crippen LogP contribution in [0.2, 0.25) is 5.02 Å². The lowest BCUT2D eigenvalue weighted by Gasteiger charge is -2.25. The molecule has 5 rings (SSSR count). The van der Waals surface area contributed by atoms with Crippen LogP contribution in [0.5, 0.6) is 0 Å². The zero-order valence-corrected chi connectivity index (χ0v) is 14.5. The van der Waals surface area contributed by atoms with Gasteiger partial charge in [0, 0.05) is 16.3 Å². The largest absolute Gasteiger partial charge is 0.232 e. The number of fused-ring (bicyclic) bond motifs is 4. The summed E-state index contributed by atoms with van der Waals surface area (Å²) in [6.07, 6.45) is 6.60. The number of hydrogen-bond donors (Lipinski definition) is 0. The number of benzene rings is 1. The van der Waals surface area contributed by atoms with Crippen molar-refractivity contribution in [3.05, 3.63) is 53.2 Å². The summed E-state index contributed by atoms with van der Waals surface area (Å²) in [6.45, 7) is 2.25. The fourth-order valence-electron chi connectivity index (χ4n) is 3.87. The number of hydrogen-bond acceptors (Lipinski definition) is 4. The molecule has 124 valence electrons. The standard InChI is InChI=1S/C19H16ClN5/c1-11-3-2-4-14-15(12-5-7-13(20)8-6-12)16-18(24-17(11)14)22-10-25-19(16)21-9-23-25/h5-11H,2-4H2,1H3. The molecule has 3 heterocycles. The predicted molar refractivity (Wildman–Crippen MR) is 97.9 cm³/mol. The van der Waals surface area contributed by atoms with E-state index in [1.165, 1.54) is 29.7 Å². The highest BCUT2D eigenvalue weighted by molar-refractivity contribution is 6.30. The van der Waals surface area contributed by atoms with Crippen LogP contribution in [0, 0.1) is 0 Å². The Hall–Kier alpha value is -2.53. The van der Waals surface area contributed by atoms with Crippen molar-refractivity contribution in [1.82, 2.24) is 24.6 Å². The summed E-state index contributed by atoms with van der Waals surface area (Å²) in [4.78, 5) is 13.9. The molecule has 0 aliphatic heterocycles. The van der Waals surface area contributed by atoms with Crippen LogP contribution in [0.15, 0.2) is 36.9 Å². The molecule has 0 N–H and O–H groups in total. The van der Waals surface area contributed by atoms with E-state index in [0.29, 0.717) is 5.92 Å². The number of aromatic nitrogens is 5. The van der Waals surface area contributed by atoms with Gasteiger partial charge in [-0.15, -0.1) is 0 Å². The first-order valence-electron chi connectivity index (χ1n) is 8.49. The topological polar surface area (TPSA) is 56.0 Å². The van der Waals surface area contributed by atoms with E-state index in [2.05, 4.69) is 34.1 Å². The van der Waals surface area contributed by atoms with Crippen LogP contribution in [0.1, 0.15) is 36.9 Å². The molecule has 0 saturated carbocycles. The van der Waals surface area contributed by atoms with Crippen LogP contribution in [-0.4, -0.2) is 24.6 Å². The Morgan fingerprint density at radius 2 is 2.00 bits per heavy atom. The SMILES string of the molecule is CC1CCCc2c1nc1ncn3ncnc3c1c2-c1ccc(Cl)cc1. The van der Waals surface area contributed by atoms with Crippen molar-refractivity contribution in [3.8, 4) is 11.1 Å². The number of halogens is 1. The van der Waals surface area contributed by atoms with Gasteiger partial charge in [-0.1, -0.05) is 30.7 Å². The molecule has 1 aromatic carbocycles. The van der Waals surface area contributed by atoms with E-state index < -0.39 is 0 Å². The molecule has 0 bridgehead atoms. The molecule has 4 aromatic rings. The van der Waals surface area contributed by atoms with Crippen molar-refractivity contribution >= 4 is 28.3 Å². The van der Waals surface area contributed by atoms with Crippen molar-refractivity contribution < 1.29 is 0 Å². The zero-order chi connectivity index (χ0) is 17.0. The summed E-state index contributed by atoms with van der Waals surface area (Å²) in [6, 6.07) is 7.99. The average Bonchev–Trinajstić information content (AvgIpc) is 3.10. The number of nitrogens with zero attached hydrogens (tertiary/aromatic N) is 5. The lowest BCUT2D eigenvalue weighted by Crippen LogP contribution is -2.12. The Bertz CT molecular complexity index is 1100. The van der Waals surface area contributed by atoms with Crippen molar-refractivity contribution in [2.75, 3.05) is 0 Å². The normalized spacial score (nSPS) is 17.1. The molecule has 0 fully saturated rings. The van der Waals surface area contributed by atoms with Gasteiger partial charge < -0.3 is 0 Å². The fourth-order valence-corrected chi connectivity index (χ4v) is 4.00. The first-order valence-corrected chi connectivity index (χ1v) is 8.87. The maximum atomic E-state index is 6.11. The van der Waals surface area contributed by atoms with E-state index in [1.807, 2.05) is 12.1 Å². The third kappa shape index (κ3) is 2.23. The Kier molecular flexibility index (Phi) is 3.25. The minimum Gasteiger partial charge on any atom is -0.232 e. The van der Waals surface area contributed by atoms with Crippen LogP contribution < -0.4 is 0 Å². The minimum atomic E-state index is 0.440. The molecule has 0 saturated heterocycles. The molecule has 0 amide bonds. The van der Waals surface area contributed by atoms with E-state index >= 15 is 0 Å². The maximum Gasteiger partial charge on any atom is 0.168 e. The summed E-state index contributed by atoms with van der Waals surface area (Å²) < 4.78 is 1.71. The van der Waals surface area contributed by atoms with Gasteiger partial charge in [-0.25, -0.2) is 19.5 Å². The Balaban J connectivity index is 1.97. The van der Waals surface area contributed by atoms with Crippen molar-refractivity contribution in [3.63, 3.8) is 0 Å². The Morgan fingerprint density at radius 1 is 1.16 bits per heavy atom. The highest BCUT2D eigenvalue weighted by Gasteiger charge is 2.25. The lowest BCUT2D eigenvalue weighted by molar-refractivity contribution is 0.576. The molecule has 0 radical (unpaired) electrons. The molecular weight excluding hydrogens is 334 g/mol. The highest BCUT2D eigenvalue weighted by Crippen LogP contribution is 2.40. The summed E-state index contributed by atoms with van der Waals surface area (Å²) in [5.74, 6) is 0.440. The van der Waals surface area contributed by atoms with Crippen LogP contribution in [0.3, 0.4) is 0 Å². The second-order valence-corrected chi connectivity index (χ2v) is 7.06.